The minimum absolute atomic E-state index is 0.00261. The topological polar surface area (TPSA) is 185 Å². The molecule has 10 atom stereocenters. The lowest BCUT2D eigenvalue weighted by Crippen LogP contribution is -2.64. The number of fused-ring (bicyclic) bond motifs is 3. The fourth-order valence-electron chi connectivity index (χ4n) is 9.38. The van der Waals surface area contributed by atoms with Crippen molar-refractivity contribution >= 4 is 23.7 Å². The molecule has 1 aliphatic heterocycles. The Bertz CT molecular complexity index is 1100. The Morgan fingerprint density at radius 3 is 2.66 bits per heavy atom. The summed E-state index contributed by atoms with van der Waals surface area (Å²) in [5.41, 5.74) is 17.3. The molecule has 11 heteroatoms. The molecule has 0 amide bonds. The van der Waals surface area contributed by atoms with Crippen molar-refractivity contribution in [2.24, 2.45) is 79.9 Å². The van der Waals surface area contributed by atoms with Crippen LogP contribution in [0.15, 0.2) is 21.6 Å². The molecule has 0 spiro atoms. The number of hydrogen-bond donors (Lipinski definition) is 4. The van der Waals surface area contributed by atoms with Crippen molar-refractivity contribution < 1.29 is 28.9 Å². The van der Waals surface area contributed by atoms with Gasteiger partial charge in [0.05, 0.1) is 44.5 Å². The highest BCUT2D eigenvalue weighted by Gasteiger charge is 2.63. The molecule has 5 aliphatic rings. The Morgan fingerprint density at radius 1 is 1.20 bits per heavy atom. The lowest BCUT2D eigenvalue weighted by molar-refractivity contribution is -0.220. The molecule has 0 aromatic rings. The lowest BCUT2D eigenvalue weighted by atomic mass is 9.45. The fourth-order valence-corrected chi connectivity index (χ4v) is 9.38. The fraction of sp³-hybridized carbons (Fsp3) is 0.800. The minimum Gasteiger partial charge on any atom is -0.481 e. The Labute approximate surface area is 242 Å². The Kier molecular flexibility index (Phi) is 8.78. The van der Waals surface area contributed by atoms with Gasteiger partial charge in [0.25, 0.3) is 0 Å². The first-order chi connectivity index (χ1) is 19.6. The number of guanidine groups is 2. The van der Waals surface area contributed by atoms with E-state index < -0.39 is 17.8 Å². The van der Waals surface area contributed by atoms with E-state index in [9.17, 15) is 14.7 Å². The SMILES string of the molecule is CO[C@@H]1C[C@@]23COCC(C2CCC2C3=CC(=O)C3C2CCC(CC(C)C)C3C(=O)O)[C@H]1OCCN=C(N)N=C(N)N. The van der Waals surface area contributed by atoms with Crippen molar-refractivity contribution in [1.82, 2.24) is 0 Å². The molecule has 0 radical (unpaired) electrons. The third-order valence-electron chi connectivity index (χ3n) is 10.7. The van der Waals surface area contributed by atoms with Gasteiger partial charge < -0.3 is 36.5 Å². The molecule has 0 aromatic carbocycles. The van der Waals surface area contributed by atoms with Crippen LogP contribution in [0.3, 0.4) is 0 Å². The van der Waals surface area contributed by atoms with Gasteiger partial charge in [-0.15, -0.1) is 0 Å². The molecule has 0 aromatic heterocycles. The van der Waals surface area contributed by atoms with Gasteiger partial charge >= 0.3 is 5.97 Å². The molecule has 4 aliphatic carbocycles. The van der Waals surface area contributed by atoms with E-state index in [1.54, 1.807) is 7.11 Å². The predicted octanol–water partition coefficient (Wildman–Crippen LogP) is 1.94. The van der Waals surface area contributed by atoms with Gasteiger partial charge in [0, 0.05) is 24.4 Å². The molecular weight excluding hydrogens is 526 g/mol. The highest BCUT2D eigenvalue weighted by molar-refractivity contribution is 5.97. The number of hydrogen-bond acceptors (Lipinski definition) is 6. The van der Waals surface area contributed by atoms with Gasteiger partial charge in [-0.1, -0.05) is 19.4 Å². The number of ether oxygens (including phenoxy) is 3. The smallest absolute Gasteiger partial charge is 0.307 e. The number of aliphatic carboxylic acids is 1. The summed E-state index contributed by atoms with van der Waals surface area (Å²) < 4.78 is 18.7. The van der Waals surface area contributed by atoms with Gasteiger partial charge in [-0.25, -0.2) is 4.99 Å². The second-order valence-electron chi connectivity index (χ2n) is 13.2. The van der Waals surface area contributed by atoms with E-state index in [-0.39, 0.29) is 59.0 Å². The van der Waals surface area contributed by atoms with Crippen LogP contribution in [0.25, 0.3) is 0 Å². The summed E-state index contributed by atoms with van der Waals surface area (Å²) in [4.78, 5) is 34.3. The molecule has 41 heavy (non-hydrogen) atoms. The average molecular weight is 574 g/mol. The quantitative estimate of drug-likeness (QED) is 0.191. The van der Waals surface area contributed by atoms with Gasteiger partial charge in [0.2, 0.25) is 5.96 Å². The highest BCUT2D eigenvalue weighted by atomic mass is 16.5. The summed E-state index contributed by atoms with van der Waals surface area (Å²) in [6.45, 7) is 6.05. The predicted molar refractivity (Wildman–Crippen MR) is 154 cm³/mol. The van der Waals surface area contributed by atoms with Crippen molar-refractivity contribution in [3.63, 3.8) is 0 Å². The Hall–Kier alpha value is -2.50. The number of aliphatic imine (C=N–C) groups is 2. The van der Waals surface area contributed by atoms with E-state index in [2.05, 4.69) is 23.8 Å². The number of allylic oxidation sites excluding steroid dienone is 1. The van der Waals surface area contributed by atoms with Crippen molar-refractivity contribution in [3.8, 4) is 0 Å². The molecule has 1 saturated heterocycles. The van der Waals surface area contributed by atoms with E-state index in [4.69, 9.17) is 31.4 Å². The number of carbonyl (C=O) groups excluding carboxylic acids is 1. The van der Waals surface area contributed by atoms with Gasteiger partial charge in [0.15, 0.2) is 11.7 Å². The van der Waals surface area contributed by atoms with E-state index >= 15 is 0 Å². The van der Waals surface area contributed by atoms with Crippen molar-refractivity contribution in [2.45, 2.75) is 64.6 Å². The summed E-state index contributed by atoms with van der Waals surface area (Å²) in [6.07, 6.45) is 6.82. The number of methoxy groups -OCH3 is 1. The normalized spacial score (nSPS) is 40.2. The van der Waals surface area contributed by atoms with Crippen LogP contribution >= 0.6 is 0 Å². The zero-order valence-electron chi connectivity index (χ0n) is 24.5. The molecule has 1 heterocycles. The number of carbonyl (C=O) groups is 2. The van der Waals surface area contributed by atoms with Crippen LogP contribution in [-0.4, -0.2) is 74.5 Å². The summed E-state index contributed by atoms with van der Waals surface area (Å²) in [7, 11) is 1.72. The first kappa shape index (κ1) is 30.0. The summed E-state index contributed by atoms with van der Waals surface area (Å²) >= 11 is 0. The van der Waals surface area contributed by atoms with Gasteiger partial charge in [-0.3, -0.25) is 9.59 Å². The molecular formula is C30H47N5O6. The molecule has 228 valence electrons. The van der Waals surface area contributed by atoms with E-state index in [1.807, 2.05) is 6.08 Å². The van der Waals surface area contributed by atoms with Crippen LogP contribution in [0.2, 0.25) is 0 Å². The number of nitrogens with zero attached hydrogens (tertiary/aromatic N) is 2. The average Bonchev–Trinajstić information content (AvgIpc) is 2.90. The summed E-state index contributed by atoms with van der Waals surface area (Å²) in [5.74, 6) is -0.826. The van der Waals surface area contributed by atoms with E-state index in [0.717, 1.165) is 32.1 Å². The lowest BCUT2D eigenvalue weighted by Gasteiger charge is -2.63. The van der Waals surface area contributed by atoms with Crippen molar-refractivity contribution in [1.29, 1.82) is 0 Å². The highest BCUT2D eigenvalue weighted by Crippen LogP contribution is 2.64. The molecule has 2 bridgehead atoms. The van der Waals surface area contributed by atoms with Crippen molar-refractivity contribution in [2.75, 3.05) is 33.5 Å². The second kappa shape index (κ2) is 12.0. The zero-order valence-corrected chi connectivity index (χ0v) is 24.5. The molecule has 5 rings (SSSR count). The molecule has 3 saturated carbocycles. The van der Waals surface area contributed by atoms with E-state index in [1.165, 1.54) is 5.57 Å². The molecule has 7 N–H and O–H groups in total. The van der Waals surface area contributed by atoms with Crippen LogP contribution in [0.4, 0.5) is 0 Å². The molecule has 11 nitrogen and oxygen atoms in total. The largest absolute Gasteiger partial charge is 0.481 e. The van der Waals surface area contributed by atoms with E-state index in [0.29, 0.717) is 44.6 Å². The number of ketones is 1. The van der Waals surface area contributed by atoms with Crippen LogP contribution in [0.1, 0.15) is 52.4 Å². The first-order valence-electron chi connectivity index (χ1n) is 15.2. The van der Waals surface area contributed by atoms with Crippen LogP contribution in [-0.2, 0) is 23.8 Å². The number of carboxylic acid groups (broad SMARTS) is 1. The third kappa shape index (κ3) is 5.52. The number of nitrogens with two attached hydrogens (primary N) is 3. The van der Waals surface area contributed by atoms with Crippen LogP contribution in [0.5, 0.6) is 0 Å². The van der Waals surface area contributed by atoms with Gasteiger partial charge in [0.1, 0.15) is 0 Å². The molecule has 7 unspecified atom stereocenters. The third-order valence-corrected chi connectivity index (χ3v) is 10.7. The summed E-state index contributed by atoms with van der Waals surface area (Å²) in [5, 5.41) is 10.3. The maximum Gasteiger partial charge on any atom is 0.307 e. The Balaban J connectivity index is 1.39. The standard InChI is InChI=1S/C30H47N5O6/c1-15(2)10-16-4-5-18-17-6-7-20-19-13-40-14-30(20,21(17)11-22(36)25(18)24(16)27(37)38)12-23(39-3)26(19)41-9-8-34-29(33)35-28(31)32/h11,15-20,23-26H,4-10,12-14H2,1-3H3,(H,37,38)(H6,31,32,33,34,35)/t16?,17?,18?,19?,20?,23-,24?,25?,26-,30-/m1/s1. The first-order valence-corrected chi connectivity index (χ1v) is 15.2. The monoisotopic (exact) mass is 573 g/mol. The summed E-state index contributed by atoms with van der Waals surface area (Å²) in [6, 6.07) is 0. The minimum atomic E-state index is -0.815. The van der Waals surface area contributed by atoms with Crippen molar-refractivity contribution in [3.05, 3.63) is 11.6 Å². The van der Waals surface area contributed by atoms with Gasteiger partial charge in [-0.2, -0.15) is 4.99 Å². The zero-order chi connectivity index (χ0) is 29.5. The molecule has 4 fully saturated rings. The van der Waals surface area contributed by atoms with Gasteiger partial charge in [-0.05, 0) is 74.2 Å². The second-order valence-corrected chi connectivity index (χ2v) is 13.2. The number of rotatable bonds is 8. The Morgan fingerprint density at radius 2 is 1.98 bits per heavy atom. The van der Waals surface area contributed by atoms with Crippen LogP contribution in [0, 0.1) is 52.8 Å². The maximum absolute atomic E-state index is 13.9. The van der Waals surface area contributed by atoms with Crippen LogP contribution < -0.4 is 17.2 Å². The number of carboxylic acids is 1. The maximum atomic E-state index is 13.9.